The number of H-pyrrole nitrogens is 1. The van der Waals surface area contributed by atoms with Crippen molar-refractivity contribution in [2.24, 2.45) is 0 Å². The predicted octanol–water partition coefficient (Wildman–Crippen LogP) is 3.59. The van der Waals surface area contributed by atoms with Crippen molar-refractivity contribution in [2.45, 2.75) is 51.9 Å². The third-order valence-electron chi connectivity index (χ3n) is 7.48. The first-order valence-corrected chi connectivity index (χ1v) is 16.2. The van der Waals surface area contributed by atoms with Crippen molar-refractivity contribution in [3.8, 4) is 11.3 Å². The van der Waals surface area contributed by atoms with Gasteiger partial charge in [-0.05, 0) is 24.1 Å². The van der Waals surface area contributed by atoms with Gasteiger partial charge in [-0.2, -0.15) is 5.10 Å². The van der Waals surface area contributed by atoms with E-state index in [4.69, 9.17) is 47.2 Å². The minimum Gasteiger partial charge on any atom is -0.379 e. The summed E-state index contributed by atoms with van der Waals surface area (Å²) in [4.78, 5) is 28.5. The number of carbonyl (C=O) groups excluding carboxylic acids is 2. The SMILES string of the molecule is CCCCOCCOCCOCCOCCC(=O)NCCn1ccc(-c2cc(Cl)c(Cl)c3[nH]c4c(c23)CN(C(O)C=O)CC4)n1. The Morgan fingerprint density at radius 1 is 1.11 bits per heavy atom. The summed E-state index contributed by atoms with van der Waals surface area (Å²) in [5.74, 6) is -0.106. The molecule has 1 atom stereocenters. The number of unbranched alkanes of at least 4 members (excludes halogenated alkanes) is 1. The molecule has 1 unspecified atom stereocenters. The summed E-state index contributed by atoms with van der Waals surface area (Å²) in [6.07, 6.45) is 4.26. The summed E-state index contributed by atoms with van der Waals surface area (Å²) in [5.41, 5.74) is 4.14. The second-order valence-corrected chi connectivity index (χ2v) is 11.5. The Balaban J connectivity index is 1.17. The Kier molecular flexibility index (Phi) is 14.6. The average molecular weight is 669 g/mol. The molecule has 1 amide bonds. The molecule has 45 heavy (non-hydrogen) atoms. The van der Waals surface area contributed by atoms with Crippen LogP contribution in [0.5, 0.6) is 0 Å². The summed E-state index contributed by atoms with van der Waals surface area (Å²) in [5, 5.41) is 19.4. The number of aliphatic hydroxyl groups is 1. The normalized spacial score (nSPS) is 14.1. The average Bonchev–Trinajstić information content (AvgIpc) is 3.67. The number of benzene rings is 1. The second kappa shape index (κ2) is 18.6. The lowest BCUT2D eigenvalue weighted by molar-refractivity contribution is -0.125. The van der Waals surface area contributed by atoms with Gasteiger partial charge in [0, 0.05) is 61.9 Å². The van der Waals surface area contributed by atoms with Gasteiger partial charge in [0.2, 0.25) is 5.91 Å². The quantitative estimate of drug-likeness (QED) is 0.115. The van der Waals surface area contributed by atoms with Gasteiger partial charge in [0.25, 0.3) is 0 Å². The Labute approximate surface area is 273 Å². The molecule has 1 aromatic carbocycles. The molecule has 0 fully saturated rings. The van der Waals surface area contributed by atoms with E-state index in [-0.39, 0.29) is 12.3 Å². The Hall–Kier alpha value is -2.55. The van der Waals surface area contributed by atoms with Crippen LogP contribution in [-0.2, 0) is 48.0 Å². The first-order valence-electron chi connectivity index (χ1n) is 15.4. The molecular formula is C31H43Cl2N5O7. The van der Waals surface area contributed by atoms with Crippen molar-refractivity contribution in [3.05, 3.63) is 39.6 Å². The Morgan fingerprint density at radius 2 is 1.80 bits per heavy atom. The summed E-state index contributed by atoms with van der Waals surface area (Å²) < 4.78 is 23.6. The second-order valence-electron chi connectivity index (χ2n) is 10.7. The standard InChI is InChI=1S/C31H43Cl2N5O7/c1-2-3-11-42-13-15-44-17-18-45-16-14-43-12-6-27(40)34-7-10-38-9-5-26(36-38)22-19-24(32)30(33)31-29(22)23-20-37(28(41)21-39)8-4-25(23)35-31/h5,9,19,21,28,35,41H,2-4,6-8,10-18,20H2,1H3,(H,34,40). The van der Waals surface area contributed by atoms with Crippen LogP contribution in [-0.4, -0.2) is 109 Å². The first kappa shape index (κ1) is 35.3. The molecule has 4 rings (SSSR count). The highest BCUT2D eigenvalue weighted by Gasteiger charge is 2.28. The van der Waals surface area contributed by atoms with Crippen LogP contribution in [0, 0.1) is 0 Å². The van der Waals surface area contributed by atoms with Crippen molar-refractivity contribution < 1.29 is 33.6 Å². The van der Waals surface area contributed by atoms with Crippen LogP contribution in [0.1, 0.15) is 37.4 Å². The molecule has 248 valence electrons. The number of rotatable bonds is 21. The molecule has 0 radical (unpaired) electrons. The summed E-state index contributed by atoms with van der Waals surface area (Å²) in [6, 6.07) is 3.67. The number of hydrogen-bond acceptors (Lipinski definition) is 9. The fourth-order valence-corrected chi connectivity index (χ4v) is 5.47. The van der Waals surface area contributed by atoms with E-state index in [9.17, 15) is 14.7 Å². The van der Waals surface area contributed by atoms with Crippen molar-refractivity contribution in [1.82, 2.24) is 25.0 Å². The molecule has 3 heterocycles. The van der Waals surface area contributed by atoms with Gasteiger partial charge in [-0.3, -0.25) is 19.2 Å². The van der Waals surface area contributed by atoms with Gasteiger partial charge in [-0.25, -0.2) is 0 Å². The van der Waals surface area contributed by atoms with Gasteiger partial charge in [0.05, 0.1) is 74.0 Å². The van der Waals surface area contributed by atoms with Crippen LogP contribution in [0.3, 0.4) is 0 Å². The van der Waals surface area contributed by atoms with Crippen LogP contribution in [0.25, 0.3) is 22.2 Å². The number of ether oxygens (including phenoxy) is 4. The number of aliphatic hydroxyl groups excluding tert-OH is 1. The zero-order valence-electron chi connectivity index (χ0n) is 25.7. The van der Waals surface area contributed by atoms with Gasteiger partial charge in [0.1, 0.15) is 0 Å². The van der Waals surface area contributed by atoms with E-state index < -0.39 is 6.23 Å². The number of amides is 1. The van der Waals surface area contributed by atoms with Crippen LogP contribution in [0.4, 0.5) is 0 Å². The summed E-state index contributed by atoms with van der Waals surface area (Å²) in [6.45, 7) is 8.02. The topological polar surface area (TPSA) is 140 Å². The molecule has 3 N–H and O–H groups in total. The van der Waals surface area contributed by atoms with Gasteiger partial charge >= 0.3 is 0 Å². The highest BCUT2D eigenvalue weighted by Crippen LogP contribution is 2.42. The molecule has 1 aliphatic heterocycles. The van der Waals surface area contributed by atoms with E-state index in [0.717, 1.165) is 41.7 Å². The van der Waals surface area contributed by atoms with Crippen molar-refractivity contribution in [2.75, 3.05) is 65.9 Å². The highest BCUT2D eigenvalue weighted by atomic mass is 35.5. The van der Waals surface area contributed by atoms with E-state index in [2.05, 4.69) is 17.2 Å². The number of aromatic amines is 1. The number of aldehydes is 1. The van der Waals surface area contributed by atoms with Gasteiger partial charge in [0.15, 0.2) is 12.5 Å². The fraction of sp³-hybridized carbons (Fsp3) is 0.581. The maximum absolute atomic E-state index is 12.2. The van der Waals surface area contributed by atoms with Gasteiger partial charge in [-0.15, -0.1) is 0 Å². The lowest BCUT2D eigenvalue weighted by atomic mass is 9.99. The van der Waals surface area contributed by atoms with E-state index in [1.807, 2.05) is 12.3 Å². The molecular weight excluding hydrogens is 625 g/mol. The zero-order valence-corrected chi connectivity index (χ0v) is 27.2. The lowest BCUT2D eigenvalue weighted by Crippen LogP contribution is -2.39. The maximum Gasteiger partial charge on any atom is 0.222 e. The van der Waals surface area contributed by atoms with Crippen LogP contribution < -0.4 is 5.32 Å². The number of carbonyl (C=O) groups is 2. The van der Waals surface area contributed by atoms with E-state index >= 15 is 0 Å². The molecule has 2 aromatic heterocycles. The highest BCUT2D eigenvalue weighted by molar-refractivity contribution is 6.45. The maximum atomic E-state index is 12.2. The van der Waals surface area contributed by atoms with Crippen LogP contribution in [0.2, 0.25) is 10.0 Å². The summed E-state index contributed by atoms with van der Waals surface area (Å²) >= 11 is 13.1. The first-order chi connectivity index (χ1) is 21.9. The summed E-state index contributed by atoms with van der Waals surface area (Å²) in [7, 11) is 0. The number of nitrogens with zero attached hydrogens (tertiary/aromatic N) is 3. The van der Waals surface area contributed by atoms with Crippen molar-refractivity contribution >= 4 is 46.3 Å². The molecule has 0 saturated carbocycles. The molecule has 14 heteroatoms. The molecule has 1 aliphatic rings. The third kappa shape index (κ3) is 10.2. The van der Waals surface area contributed by atoms with Gasteiger partial charge in [-0.1, -0.05) is 36.5 Å². The fourth-order valence-electron chi connectivity index (χ4n) is 5.07. The lowest BCUT2D eigenvalue weighted by Gasteiger charge is -2.28. The van der Waals surface area contributed by atoms with E-state index in [1.165, 1.54) is 0 Å². The predicted molar refractivity (Wildman–Crippen MR) is 172 cm³/mol. The smallest absolute Gasteiger partial charge is 0.222 e. The largest absolute Gasteiger partial charge is 0.379 e. The number of nitrogens with one attached hydrogen (secondary N) is 2. The van der Waals surface area contributed by atoms with Crippen LogP contribution >= 0.6 is 23.2 Å². The van der Waals surface area contributed by atoms with Crippen molar-refractivity contribution in [1.29, 1.82) is 0 Å². The minimum absolute atomic E-state index is 0.106. The van der Waals surface area contributed by atoms with E-state index in [1.54, 1.807) is 15.6 Å². The molecule has 0 spiro atoms. The van der Waals surface area contributed by atoms with E-state index in [0.29, 0.717) is 106 Å². The number of halogens is 2. The van der Waals surface area contributed by atoms with Gasteiger partial charge < -0.3 is 34.4 Å². The van der Waals surface area contributed by atoms with Crippen LogP contribution in [0.15, 0.2) is 18.3 Å². The molecule has 3 aromatic rings. The molecule has 12 nitrogen and oxygen atoms in total. The number of hydrogen-bond donors (Lipinski definition) is 3. The number of aromatic nitrogens is 3. The van der Waals surface area contributed by atoms with Crippen molar-refractivity contribution in [3.63, 3.8) is 0 Å². The minimum atomic E-state index is -1.18. The monoisotopic (exact) mass is 667 g/mol. The zero-order chi connectivity index (χ0) is 32.0. The Bertz CT molecular complexity index is 1380. The Morgan fingerprint density at radius 3 is 2.49 bits per heavy atom. The molecule has 0 aliphatic carbocycles. The molecule has 0 bridgehead atoms. The number of fused-ring (bicyclic) bond motifs is 3. The third-order valence-corrected chi connectivity index (χ3v) is 8.27. The molecule has 0 saturated heterocycles.